The first-order valence-corrected chi connectivity index (χ1v) is 13.0. The van der Waals surface area contributed by atoms with Crippen molar-refractivity contribution in [2.24, 2.45) is 5.92 Å². The van der Waals surface area contributed by atoms with E-state index in [1.54, 1.807) is 0 Å². The number of benzene rings is 3. The van der Waals surface area contributed by atoms with Gasteiger partial charge >= 0.3 is 0 Å². The zero-order valence-corrected chi connectivity index (χ0v) is 21.0. The van der Waals surface area contributed by atoms with Crippen LogP contribution in [0.4, 0.5) is 0 Å². The number of likely N-dealkylation sites (tertiary alicyclic amines) is 1. The van der Waals surface area contributed by atoms with Crippen molar-refractivity contribution in [1.29, 1.82) is 0 Å². The molecular weight excluding hydrogens is 450 g/mol. The summed E-state index contributed by atoms with van der Waals surface area (Å²) in [7, 11) is 0. The van der Waals surface area contributed by atoms with Gasteiger partial charge in [-0.2, -0.15) is 0 Å². The van der Waals surface area contributed by atoms with Gasteiger partial charge in [-0.15, -0.1) is 0 Å². The molecular formula is C30H35N3O3. The van der Waals surface area contributed by atoms with Crippen molar-refractivity contribution in [2.45, 2.75) is 25.8 Å². The summed E-state index contributed by atoms with van der Waals surface area (Å²) in [6.45, 7) is 7.05. The van der Waals surface area contributed by atoms with Crippen LogP contribution < -0.4 is 5.32 Å². The molecule has 0 aromatic heterocycles. The molecule has 3 aromatic carbocycles. The maximum absolute atomic E-state index is 13.3. The molecule has 2 amide bonds. The fourth-order valence-corrected chi connectivity index (χ4v) is 5.40. The van der Waals surface area contributed by atoms with Gasteiger partial charge in [0.25, 0.3) is 5.91 Å². The molecule has 1 N–H and O–H groups in total. The molecule has 0 aliphatic carbocycles. The largest absolute Gasteiger partial charge is 0.379 e. The third kappa shape index (κ3) is 5.45. The molecule has 2 aliphatic rings. The predicted molar refractivity (Wildman–Crippen MR) is 142 cm³/mol. The summed E-state index contributed by atoms with van der Waals surface area (Å²) < 4.78 is 5.55. The van der Waals surface area contributed by atoms with Crippen LogP contribution in [0, 0.1) is 12.8 Å². The van der Waals surface area contributed by atoms with E-state index in [-0.39, 0.29) is 23.8 Å². The number of hydrogen-bond acceptors (Lipinski definition) is 4. The summed E-state index contributed by atoms with van der Waals surface area (Å²) >= 11 is 0. The lowest BCUT2D eigenvalue weighted by Crippen LogP contribution is -2.46. The van der Waals surface area contributed by atoms with Crippen molar-refractivity contribution in [3.05, 3.63) is 83.4 Å². The van der Waals surface area contributed by atoms with Gasteiger partial charge in [0.05, 0.1) is 19.3 Å². The third-order valence-electron chi connectivity index (χ3n) is 7.59. The van der Waals surface area contributed by atoms with E-state index in [2.05, 4.69) is 41.4 Å². The minimum atomic E-state index is -0.0649. The monoisotopic (exact) mass is 485 g/mol. The Kier molecular flexibility index (Phi) is 7.63. The molecule has 36 heavy (non-hydrogen) atoms. The number of nitrogens with one attached hydrogen (secondary N) is 1. The zero-order chi connectivity index (χ0) is 24.9. The van der Waals surface area contributed by atoms with Crippen LogP contribution in [0.1, 0.15) is 40.4 Å². The highest BCUT2D eigenvalue weighted by atomic mass is 16.5. The van der Waals surface area contributed by atoms with Crippen molar-refractivity contribution in [2.75, 3.05) is 45.9 Å². The molecule has 2 heterocycles. The van der Waals surface area contributed by atoms with E-state index in [9.17, 15) is 9.59 Å². The number of aryl methyl sites for hydroxylation is 1. The maximum atomic E-state index is 13.3. The van der Waals surface area contributed by atoms with Crippen LogP contribution in [-0.4, -0.2) is 67.6 Å². The van der Waals surface area contributed by atoms with Gasteiger partial charge < -0.3 is 15.0 Å². The Morgan fingerprint density at radius 3 is 2.36 bits per heavy atom. The van der Waals surface area contributed by atoms with Crippen molar-refractivity contribution < 1.29 is 14.3 Å². The molecule has 1 atom stereocenters. The fourth-order valence-electron chi connectivity index (χ4n) is 5.40. The number of carbonyl (C=O) groups excluding carboxylic acids is 2. The molecule has 0 saturated carbocycles. The minimum Gasteiger partial charge on any atom is -0.379 e. The van der Waals surface area contributed by atoms with Crippen LogP contribution >= 0.6 is 0 Å². The third-order valence-corrected chi connectivity index (χ3v) is 7.59. The number of ether oxygens (including phenoxy) is 1. The van der Waals surface area contributed by atoms with E-state index in [1.165, 1.54) is 11.1 Å². The summed E-state index contributed by atoms with van der Waals surface area (Å²) in [6.07, 6.45) is 1.38. The van der Waals surface area contributed by atoms with Gasteiger partial charge in [-0.05, 0) is 42.2 Å². The predicted octanol–water partition coefficient (Wildman–Crippen LogP) is 4.19. The highest BCUT2D eigenvalue weighted by Crippen LogP contribution is 2.25. The first-order valence-electron chi connectivity index (χ1n) is 13.0. The number of fused-ring (bicyclic) bond motifs is 1. The van der Waals surface area contributed by atoms with E-state index >= 15 is 0 Å². The number of piperidine rings is 1. The summed E-state index contributed by atoms with van der Waals surface area (Å²) in [5.41, 5.74) is 3.19. The number of amides is 2. The number of rotatable bonds is 6. The Bertz CT molecular complexity index is 1190. The van der Waals surface area contributed by atoms with Crippen LogP contribution in [0.3, 0.4) is 0 Å². The van der Waals surface area contributed by atoms with E-state index in [1.807, 2.05) is 47.4 Å². The second kappa shape index (κ2) is 11.2. The Hall–Kier alpha value is -3.22. The number of hydrogen-bond donors (Lipinski definition) is 1. The molecule has 0 radical (unpaired) electrons. The highest BCUT2D eigenvalue weighted by Gasteiger charge is 2.30. The summed E-state index contributed by atoms with van der Waals surface area (Å²) in [4.78, 5) is 30.7. The molecule has 188 valence electrons. The standard InChI is InChI=1S/C30H35N3O3/c1-22-9-11-24(12-10-22)28(32-17-19-36-20-18-32)21-31-29(34)25-13-15-33(16-14-25)30(35)27-8-4-6-23-5-2-3-7-26(23)27/h2-12,25,28H,13-21H2,1H3,(H,31,34). The summed E-state index contributed by atoms with van der Waals surface area (Å²) in [6, 6.07) is 22.6. The first-order chi connectivity index (χ1) is 17.6. The van der Waals surface area contributed by atoms with Gasteiger partial charge in [-0.25, -0.2) is 0 Å². The van der Waals surface area contributed by atoms with Gasteiger partial charge in [0.2, 0.25) is 5.91 Å². The lowest BCUT2D eigenvalue weighted by Gasteiger charge is -2.36. The van der Waals surface area contributed by atoms with Gasteiger partial charge in [-0.1, -0.05) is 66.2 Å². The second-order valence-corrected chi connectivity index (χ2v) is 9.91. The van der Waals surface area contributed by atoms with Crippen molar-refractivity contribution in [3.63, 3.8) is 0 Å². The normalized spacial score (nSPS) is 18.2. The van der Waals surface area contributed by atoms with Crippen molar-refractivity contribution in [1.82, 2.24) is 15.1 Å². The van der Waals surface area contributed by atoms with Crippen LogP contribution in [0.2, 0.25) is 0 Å². The fraction of sp³-hybridized carbons (Fsp3) is 0.400. The topological polar surface area (TPSA) is 61.9 Å². The summed E-state index contributed by atoms with van der Waals surface area (Å²) in [5, 5.41) is 5.29. The average molecular weight is 486 g/mol. The van der Waals surface area contributed by atoms with Crippen LogP contribution in [0.15, 0.2) is 66.7 Å². The Balaban J connectivity index is 1.19. The molecule has 6 heteroatoms. The quantitative estimate of drug-likeness (QED) is 0.569. The molecule has 1 unspecified atom stereocenters. The SMILES string of the molecule is Cc1ccc(C(CNC(=O)C2CCN(C(=O)c3cccc4ccccc34)CC2)N2CCOCC2)cc1. The van der Waals surface area contributed by atoms with E-state index in [0.717, 1.165) is 42.6 Å². The molecule has 2 saturated heterocycles. The first kappa shape index (κ1) is 24.5. The van der Waals surface area contributed by atoms with Crippen LogP contribution in [0.5, 0.6) is 0 Å². The van der Waals surface area contributed by atoms with E-state index in [0.29, 0.717) is 32.5 Å². The van der Waals surface area contributed by atoms with Gasteiger partial charge in [0.1, 0.15) is 0 Å². The van der Waals surface area contributed by atoms with Crippen molar-refractivity contribution >= 4 is 22.6 Å². The van der Waals surface area contributed by atoms with Crippen LogP contribution in [-0.2, 0) is 9.53 Å². The number of morpholine rings is 1. The Morgan fingerprint density at radius 2 is 1.61 bits per heavy atom. The van der Waals surface area contributed by atoms with Crippen molar-refractivity contribution in [3.8, 4) is 0 Å². The van der Waals surface area contributed by atoms with Crippen LogP contribution in [0.25, 0.3) is 10.8 Å². The smallest absolute Gasteiger partial charge is 0.254 e. The van der Waals surface area contributed by atoms with Gasteiger partial charge in [0.15, 0.2) is 0 Å². The lowest BCUT2D eigenvalue weighted by molar-refractivity contribution is -0.126. The molecule has 0 spiro atoms. The van der Waals surface area contributed by atoms with E-state index in [4.69, 9.17) is 4.74 Å². The molecule has 2 fully saturated rings. The summed E-state index contributed by atoms with van der Waals surface area (Å²) in [5.74, 6) is 0.0833. The molecule has 3 aromatic rings. The molecule has 2 aliphatic heterocycles. The molecule has 5 rings (SSSR count). The number of nitrogens with zero attached hydrogens (tertiary/aromatic N) is 2. The average Bonchev–Trinajstić information content (AvgIpc) is 2.94. The highest BCUT2D eigenvalue weighted by molar-refractivity contribution is 6.07. The lowest BCUT2D eigenvalue weighted by atomic mass is 9.94. The zero-order valence-electron chi connectivity index (χ0n) is 21.0. The second-order valence-electron chi connectivity index (χ2n) is 9.91. The Labute approximate surface area is 213 Å². The minimum absolute atomic E-state index is 0.0532. The molecule has 6 nitrogen and oxygen atoms in total. The number of carbonyl (C=O) groups is 2. The molecule has 0 bridgehead atoms. The van der Waals surface area contributed by atoms with Gasteiger partial charge in [0, 0.05) is 44.2 Å². The maximum Gasteiger partial charge on any atom is 0.254 e. The van der Waals surface area contributed by atoms with E-state index < -0.39 is 0 Å². The Morgan fingerprint density at radius 1 is 0.917 bits per heavy atom. The van der Waals surface area contributed by atoms with Gasteiger partial charge in [-0.3, -0.25) is 14.5 Å².